The number of thiol groups is 1. The molecule has 0 aliphatic carbocycles. The summed E-state index contributed by atoms with van der Waals surface area (Å²) in [7, 11) is 0. The fraction of sp³-hybridized carbons (Fsp3) is 0.333. The van der Waals surface area contributed by atoms with Gasteiger partial charge in [-0.05, 0) is 18.5 Å². The van der Waals surface area contributed by atoms with E-state index in [1.807, 2.05) is 6.92 Å². The van der Waals surface area contributed by atoms with Gasteiger partial charge >= 0.3 is 0 Å². The van der Waals surface area contributed by atoms with Crippen LogP contribution in [0.4, 0.5) is 0 Å². The van der Waals surface area contributed by atoms with Crippen molar-refractivity contribution in [3.05, 3.63) is 5.69 Å². The Bertz CT molecular complexity index is 143. The normalized spacial score (nSPS) is 9.43. The molecule has 0 aliphatic rings. The molecule has 1 aromatic heterocycles. The summed E-state index contributed by atoms with van der Waals surface area (Å²) in [5.74, 6) is 0. The second-order valence-corrected chi connectivity index (χ2v) is 2.67. The van der Waals surface area contributed by atoms with Gasteiger partial charge in [0.25, 0.3) is 0 Å². The van der Waals surface area contributed by atoms with Gasteiger partial charge in [0, 0.05) is 0 Å². The third kappa shape index (κ3) is 0.920. The average Bonchev–Trinajstić information content (AvgIpc) is 1.91. The van der Waals surface area contributed by atoms with Gasteiger partial charge in [-0.2, -0.15) is 0 Å². The molecule has 0 amide bonds. The SMILES string of the molecule is Cc1nnsc1S. The molecule has 0 radical (unpaired) electrons. The van der Waals surface area contributed by atoms with E-state index < -0.39 is 0 Å². The zero-order valence-corrected chi connectivity index (χ0v) is 5.46. The summed E-state index contributed by atoms with van der Waals surface area (Å²) in [6, 6.07) is 0. The molecule has 7 heavy (non-hydrogen) atoms. The summed E-state index contributed by atoms with van der Waals surface area (Å²) >= 11 is 5.35. The average molecular weight is 132 g/mol. The van der Waals surface area contributed by atoms with Crippen LogP contribution in [0.2, 0.25) is 0 Å². The van der Waals surface area contributed by atoms with Gasteiger partial charge in [-0.15, -0.1) is 17.7 Å². The van der Waals surface area contributed by atoms with E-state index in [9.17, 15) is 0 Å². The molecule has 1 rings (SSSR count). The van der Waals surface area contributed by atoms with Gasteiger partial charge in [0.2, 0.25) is 0 Å². The van der Waals surface area contributed by atoms with Crippen molar-refractivity contribution in [2.75, 3.05) is 0 Å². The monoisotopic (exact) mass is 132 g/mol. The van der Waals surface area contributed by atoms with Gasteiger partial charge in [0.1, 0.15) is 4.21 Å². The minimum atomic E-state index is 0.903. The molecule has 0 fully saturated rings. The van der Waals surface area contributed by atoms with E-state index >= 15 is 0 Å². The van der Waals surface area contributed by atoms with E-state index in [-0.39, 0.29) is 0 Å². The van der Waals surface area contributed by atoms with Crippen LogP contribution in [-0.2, 0) is 0 Å². The Kier molecular flexibility index (Phi) is 1.30. The van der Waals surface area contributed by atoms with Crippen molar-refractivity contribution in [1.82, 2.24) is 9.59 Å². The quantitative estimate of drug-likeness (QED) is 0.535. The number of hydrogen-bond acceptors (Lipinski definition) is 4. The van der Waals surface area contributed by atoms with Crippen LogP contribution in [0.25, 0.3) is 0 Å². The van der Waals surface area contributed by atoms with E-state index in [1.54, 1.807) is 0 Å². The van der Waals surface area contributed by atoms with E-state index in [4.69, 9.17) is 0 Å². The van der Waals surface area contributed by atoms with Crippen LogP contribution >= 0.6 is 24.2 Å². The first kappa shape index (κ1) is 5.05. The molecule has 1 aromatic rings. The summed E-state index contributed by atoms with van der Waals surface area (Å²) in [6.07, 6.45) is 0. The second-order valence-electron chi connectivity index (χ2n) is 1.16. The molecule has 38 valence electrons. The zero-order chi connectivity index (χ0) is 5.28. The Morgan fingerprint density at radius 2 is 2.43 bits per heavy atom. The van der Waals surface area contributed by atoms with Crippen LogP contribution in [0.5, 0.6) is 0 Å². The smallest absolute Gasteiger partial charge is 0.101 e. The van der Waals surface area contributed by atoms with Crippen molar-refractivity contribution in [3.8, 4) is 0 Å². The van der Waals surface area contributed by atoms with E-state index in [0.29, 0.717) is 0 Å². The minimum absolute atomic E-state index is 0.903. The molecule has 0 N–H and O–H groups in total. The molecule has 0 unspecified atom stereocenters. The Balaban J connectivity index is 3.12. The third-order valence-corrected chi connectivity index (χ3v) is 1.83. The Hall–Kier alpha value is -0.0900. The molecule has 2 nitrogen and oxygen atoms in total. The predicted molar refractivity (Wildman–Crippen MR) is 31.9 cm³/mol. The first-order valence-corrected chi connectivity index (χ1v) is 3.00. The van der Waals surface area contributed by atoms with Crippen molar-refractivity contribution < 1.29 is 0 Å². The van der Waals surface area contributed by atoms with Crippen LogP contribution in [0.15, 0.2) is 4.21 Å². The maximum Gasteiger partial charge on any atom is 0.101 e. The van der Waals surface area contributed by atoms with Gasteiger partial charge in [0.05, 0.1) is 5.69 Å². The highest BCUT2D eigenvalue weighted by atomic mass is 32.2. The lowest BCUT2D eigenvalue weighted by Gasteiger charge is -1.73. The molecular formula is C3H4N2S2. The fourth-order valence-electron chi connectivity index (χ4n) is 0.229. The summed E-state index contributed by atoms with van der Waals surface area (Å²) < 4.78 is 4.54. The Labute approximate surface area is 51.1 Å². The standard InChI is InChI=1S/C3H4N2S2/c1-2-3(6)7-5-4-2/h6H,1H3. The Morgan fingerprint density at radius 1 is 1.71 bits per heavy atom. The molecule has 1 heterocycles. The molecule has 0 bridgehead atoms. The van der Waals surface area contributed by atoms with Crippen molar-refractivity contribution in [3.63, 3.8) is 0 Å². The highest BCUT2D eigenvalue weighted by molar-refractivity contribution is 7.82. The summed E-state index contributed by atoms with van der Waals surface area (Å²) in [5.41, 5.74) is 0.910. The highest BCUT2D eigenvalue weighted by Crippen LogP contribution is 2.12. The predicted octanol–water partition coefficient (Wildman–Crippen LogP) is 1.14. The molecular weight excluding hydrogens is 128 g/mol. The zero-order valence-electron chi connectivity index (χ0n) is 3.75. The van der Waals surface area contributed by atoms with Gasteiger partial charge < -0.3 is 0 Å². The summed E-state index contributed by atoms with van der Waals surface area (Å²) in [4.78, 5) is 0. The molecule has 0 spiro atoms. The largest absolute Gasteiger partial charge is 0.142 e. The second kappa shape index (κ2) is 1.79. The first-order valence-electron chi connectivity index (χ1n) is 1.78. The maximum absolute atomic E-state index is 4.04. The van der Waals surface area contributed by atoms with Gasteiger partial charge in [-0.3, -0.25) is 0 Å². The van der Waals surface area contributed by atoms with Crippen LogP contribution < -0.4 is 0 Å². The first-order chi connectivity index (χ1) is 3.30. The van der Waals surface area contributed by atoms with Crippen LogP contribution in [0, 0.1) is 6.92 Å². The molecule has 4 heteroatoms. The van der Waals surface area contributed by atoms with Crippen molar-refractivity contribution in [2.45, 2.75) is 11.1 Å². The van der Waals surface area contributed by atoms with E-state index in [0.717, 1.165) is 9.90 Å². The number of hydrogen-bond donors (Lipinski definition) is 1. The van der Waals surface area contributed by atoms with Crippen molar-refractivity contribution >= 4 is 24.2 Å². The van der Waals surface area contributed by atoms with Crippen LogP contribution in [0.1, 0.15) is 5.69 Å². The van der Waals surface area contributed by atoms with E-state index in [1.165, 1.54) is 11.5 Å². The molecule has 0 saturated heterocycles. The Morgan fingerprint density at radius 3 is 2.57 bits per heavy atom. The highest BCUT2D eigenvalue weighted by Gasteiger charge is 1.92. The minimum Gasteiger partial charge on any atom is -0.142 e. The molecule has 0 aliphatic heterocycles. The lowest BCUT2D eigenvalue weighted by molar-refractivity contribution is 1.07. The van der Waals surface area contributed by atoms with Gasteiger partial charge in [-0.1, -0.05) is 4.49 Å². The van der Waals surface area contributed by atoms with Crippen molar-refractivity contribution in [1.29, 1.82) is 0 Å². The molecule has 0 atom stereocenters. The van der Waals surface area contributed by atoms with Crippen LogP contribution in [-0.4, -0.2) is 9.59 Å². The van der Waals surface area contributed by atoms with E-state index in [2.05, 4.69) is 22.2 Å². The number of aromatic nitrogens is 2. The number of rotatable bonds is 0. The molecule has 0 saturated carbocycles. The lowest BCUT2D eigenvalue weighted by atomic mass is 10.6. The third-order valence-electron chi connectivity index (χ3n) is 0.628. The van der Waals surface area contributed by atoms with Gasteiger partial charge in [-0.25, -0.2) is 0 Å². The maximum atomic E-state index is 4.04. The summed E-state index contributed by atoms with van der Waals surface area (Å²) in [6.45, 7) is 1.88. The number of nitrogens with zero attached hydrogens (tertiary/aromatic N) is 2. The van der Waals surface area contributed by atoms with Crippen molar-refractivity contribution in [2.24, 2.45) is 0 Å². The topological polar surface area (TPSA) is 25.8 Å². The fourth-order valence-corrected chi connectivity index (χ4v) is 0.797. The lowest BCUT2D eigenvalue weighted by Crippen LogP contribution is -1.67. The summed E-state index contributed by atoms with van der Waals surface area (Å²) in [5, 5.41) is 3.71. The van der Waals surface area contributed by atoms with Gasteiger partial charge in [0.15, 0.2) is 0 Å². The number of aryl methyl sites for hydroxylation is 1. The molecule has 0 aromatic carbocycles. The van der Waals surface area contributed by atoms with Crippen LogP contribution in [0.3, 0.4) is 0 Å².